The maximum Gasteiger partial charge on any atom is 0.141 e. The highest BCUT2D eigenvalue weighted by Crippen LogP contribution is 2.14. The molecule has 14 heavy (non-hydrogen) atoms. The van der Waals surface area contributed by atoms with Crippen LogP contribution in [0.15, 0.2) is 24.3 Å². The van der Waals surface area contributed by atoms with E-state index in [2.05, 4.69) is 0 Å². The topological polar surface area (TPSA) is 23.8 Å². The van der Waals surface area contributed by atoms with Gasteiger partial charge in [0.05, 0.1) is 5.56 Å². The maximum absolute atomic E-state index is 13.1. The molecular formula is C11H9ClFN. The van der Waals surface area contributed by atoms with Crippen LogP contribution in [0, 0.1) is 17.1 Å². The summed E-state index contributed by atoms with van der Waals surface area (Å²) in [6.07, 6.45) is 4.25. The number of hydrogen-bond acceptors (Lipinski definition) is 1. The number of rotatable bonds is 3. The molecule has 0 N–H and O–H groups in total. The van der Waals surface area contributed by atoms with E-state index < -0.39 is 5.82 Å². The van der Waals surface area contributed by atoms with Crippen LogP contribution in [0.5, 0.6) is 0 Å². The van der Waals surface area contributed by atoms with E-state index >= 15 is 0 Å². The van der Waals surface area contributed by atoms with E-state index in [4.69, 9.17) is 16.9 Å². The minimum atomic E-state index is -0.486. The number of hydrogen-bond donors (Lipinski definition) is 0. The summed E-state index contributed by atoms with van der Waals surface area (Å²) >= 11 is 5.48. The Hall–Kier alpha value is -1.33. The number of nitriles is 1. The average Bonchev–Trinajstić information content (AvgIpc) is 2.18. The molecule has 3 heteroatoms. The van der Waals surface area contributed by atoms with Gasteiger partial charge < -0.3 is 0 Å². The summed E-state index contributed by atoms with van der Waals surface area (Å²) in [4.78, 5) is 0. The Morgan fingerprint density at radius 3 is 2.93 bits per heavy atom. The van der Waals surface area contributed by atoms with Gasteiger partial charge >= 0.3 is 0 Å². The monoisotopic (exact) mass is 209 g/mol. The van der Waals surface area contributed by atoms with Crippen molar-refractivity contribution in [2.45, 2.75) is 6.42 Å². The molecule has 1 nitrogen and oxygen atoms in total. The van der Waals surface area contributed by atoms with E-state index in [0.717, 1.165) is 0 Å². The number of allylic oxidation sites excluding steroid dienone is 1. The van der Waals surface area contributed by atoms with Crippen molar-refractivity contribution < 1.29 is 4.39 Å². The standard InChI is InChI=1S/C11H9ClFN/c12-7-2-1-4-9-5-3-6-11(13)10(9)8-14/h1,3-6H,2,7H2. The van der Waals surface area contributed by atoms with Crippen LogP contribution in [-0.4, -0.2) is 5.88 Å². The highest BCUT2D eigenvalue weighted by Gasteiger charge is 2.03. The summed E-state index contributed by atoms with van der Waals surface area (Å²) in [7, 11) is 0. The zero-order valence-corrected chi connectivity index (χ0v) is 8.26. The molecule has 1 rings (SSSR count). The Bertz CT molecular complexity index is 379. The van der Waals surface area contributed by atoms with E-state index in [9.17, 15) is 4.39 Å². The number of alkyl halides is 1. The molecule has 0 spiro atoms. The molecule has 0 aliphatic carbocycles. The van der Waals surface area contributed by atoms with Gasteiger partial charge in [0.2, 0.25) is 0 Å². The molecule has 0 heterocycles. The zero-order valence-electron chi connectivity index (χ0n) is 7.50. The fourth-order valence-corrected chi connectivity index (χ4v) is 1.20. The molecular weight excluding hydrogens is 201 g/mol. The van der Waals surface area contributed by atoms with Crippen LogP contribution in [-0.2, 0) is 0 Å². The maximum atomic E-state index is 13.1. The van der Waals surface area contributed by atoms with Crippen molar-refractivity contribution >= 4 is 17.7 Å². The highest BCUT2D eigenvalue weighted by molar-refractivity contribution is 6.17. The van der Waals surface area contributed by atoms with Crippen LogP contribution in [0.4, 0.5) is 4.39 Å². The van der Waals surface area contributed by atoms with E-state index in [1.54, 1.807) is 18.2 Å². The van der Waals surface area contributed by atoms with E-state index in [1.165, 1.54) is 6.07 Å². The largest absolute Gasteiger partial charge is 0.206 e. The first-order valence-electron chi connectivity index (χ1n) is 4.20. The Morgan fingerprint density at radius 2 is 2.29 bits per heavy atom. The number of halogens is 2. The number of benzene rings is 1. The number of nitrogens with zero attached hydrogens (tertiary/aromatic N) is 1. The lowest BCUT2D eigenvalue weighted by atomic mass is 10.1. The van der Waals surface area contributed by atoms with Gasteiger partial charge in [0.15, 0.2) is 0 Å². The Kier molecular flexibility index (Phi) is 4.15. The summed E-state index contributed by atoms with van der Waals surface area (Å²) < 4.78 is 13.1. The van der Waals surface area contributed by atoms with E-state index in [0.29, 0.717) is 17.9 Å². The first kappa shape index (κ1) is 10.7. The van der Waals surface area contributed by atoms with E-state index in [1.807, 2.05) is 12.1 Å². The van der Waals surface area contributed by atoms with Crippen molar-refractivity contribution in [3.05, 3.63) is 41.2 Å². The lowest BCUT2D eigenvalue weighted by molar-refractivity contribution is 0.623. The van der Waals surface area contributed by atoms with Gasteiger partial charge in [0, 0.05) is 5.88 Å². The van der Waals surface area contributed by atoms with Gasteiger partial charge in [-0.15, -0.1) is 11.6 Å². The summed E-state index contributed by atoms with van der Waals surface area (Å²) in [5, 5.41) is 8.71. The molecule has 0 unspecified atom stereocenters. The third-order valence-corrected chi connectivity index (χ3v) is 1.95. The van der Waals surface area contributed by atoms with Crippen LogP contribution in [0.25, 0.3) is 6.08 Å². The van der Waals surface area contributed by atoms with Crippen LogP contribution in [0.3, 0.4) is 0 Å². The van der Waals surface area contributed by atoms with Gasteiger partial charge in [0.1, 0.15) is 11.9 Å². The van der Waals surface area contributed by atoms with Crippen molar-refractivity contribution in [2.75, 3.05) is 5.88 Å². The van der Waals surface area contributed by atoms with Gasteiger partial charge in [-0.25, -0.2) is 4.39 Å². The van der Waals surface area contributed by atoms with Crippen molar-refractivity contribution in [3.8, 4) is 6.07 Å². The van der Waals surface area contributed by atoms with Crippen molar-refractivity contribution in [1.29, 1.82) is 5.26 Å². The van der Waals surface area contributed by atoms with Crippen molar-refractivity contribution in [2.24, 2.45) is 0 Å². The molecule has 0 atom stereocenters. The van der Waals surface area contributed by atoms with Crippen molar-refractivity contribution in [3.63, 3.8) is 0 Å². The van der Waals surface area contributed by atoms with Gasteiger partial charge in [0.25, 0.3) is 0 Å². The second-order valence-electron chi connectivity index (χ2n) is 2.70. The normalized spacial score (nSPS) is 10.4. The fraction of sp³-hybridized carbons (Fsp3) is 0.182. The molecule has 0 aliphatic rings. The van der Waals surface area contributed by atoms with Crippen molar-refractivity contribution in [1.82, 2.24) is 0 Å². The molecule has 0 fully saturated rings. The molecule has 0 aliphatic heterocycles. The van der Waals surface area contributed by atoms with Gasteiger partial charge in [-0.3, -0.25) is 0 Å². The Labute approximate surface area is 87.4 Å². The summed E-state index contributed by atoms with van der Waals surface area (Å²) in [6.45, 7) is 0. The predicted octanol–water partition coefficient (Wildman–Crippen LogP) is 3.34. The second-order valence-corrected chi connectivity index (χ2v) is 3.07. The van der Waals surface area contributed by atoms with Crippen LogP contribution in [0.1, 0.15) is 17.5 Å². The molecule has 1 aromatic carbocycles. The minimum Gasteiger partial charge on any atom is -0.206 e. The summed E-state index contributed by atoms with van der Waals surface area (Å²) in [6, 6.07) is 6.39. The van der Waals surface area contributed by atoms with Gasteiger partial charge in [-0.2, -0.15) is 5.26 Å². The molecule has 72 valence electrons. The van der Waals surface area contributed by atoms with Crippen LogP contribution in [0.2, 0.25) is 0 Å². The fourth-order valence-electron chi connectivity index (χ4n) is 1.07. The smallest absolute Gasteiger partial charge is 0.141 e. The molecule has 0 amide bonds. The molecule has 0 saturated heterocycles. The third kappa shape index (κ3) is 2.58. The van der Waals surface area contributed by atoms with E-state index in [-0.39, 0.29) is 5.56 Å². The molecule has 0 radical (unpaired) electrons. The lowest BCUT2D eigenvalue weighted by Crippen LogP contribution is -1.87. The van der Waals surface area contributed by atoms with Crippen LogP contribution < -0.4 is 0 Å². The summed E-state index contributed by atoms with van der Waals surface area (Å²) in [5.74, 6) is 0.0359. The predicted molar refractivity (Wildman–Crippen MR) is 55.5 cm³/mol. The van der Waals surface area contributed by atoms with Gasteiger partial charge in [-0.1, -0.05) is 24.3 Å². The molecule has 1 aromatic rings. The minimum absolute atomic E-state index is 0.0818. The zero-order chi connectivity index (χ0) is 10.4. The first-order valence-corrected chi connectivity index (χ1v) is 4.74. The SMILES string of the molecule is N#Cc1c(F)cccc1C=CCCCl. The Balaban J connectivity index is 2.98. The van der Waals surface area contributed by atoms with Crippen LogP contribution >= 0.6 is 11.6 Å². The highest BCUT2D eigenvalue weighted by atomic mass is 35.5. The molecule has 0 aromatic heterocycles. The molecule has 0 bridgehead atoms. The quantitative estimate of drug-likeness (QED) is 0.701. The Morgan fingerprint density at radius 1 is 1.50 bits per heavy atom. The third-order valence-electron chi connectivity index (χ3n) is 1.73. The van der Waals surface area contributed by atoms with Gasteiger partial charge in [-0.05, 0) is 18.1 Å². The summed E-state index contributed by atoms with van der Waals surface area (Å²) in [5.41, 5.74) is 0.677. The second kappa shape index (κ2) is 5.41. The lowest BCUT2D eigenvalue weighted by Gasteiger charge is -1.97. The average molecular weight is 210 g/mol. The first-order chi connectivity index (χ1) is 6.79. The molecule has 0 saturated carbocycles.